The minimum absolute atomic E-state index is 0.0117. The number of benzene rings is 2. The number of nitrogens with zero attached hydrogens (tertiary/aromatic N) is 4. The van der Waals surface area contributed by atoms with E-state index in [1.807, 2.05) is 0 Å². The molecule has 3 aliphatic rings. The number of halogens is 1. The molecule has 1 saturated carbocycles. The van der Waals surface area contributed by atoms with E-state index >= 15 is 0 Å². The number of nitrogens with one attached hydrogen (secondary N) is 1. The van der Waals surface area contributed by atoms with Gasteiger partial charge in [0.05, 0.1) is 29.4 Å². The second-order valence-electron chi connectivity index (χ2n) is 11.0. The zero-order valence-corrected chi connectivity index (χ0v) is 22.3. The number of phenolic OH excluding ortho intramolecular Hbond substituents is 1. The van der Waals surface area contributed by atoms with Crippen LogP contribution < -0.4 is 14.8 Å². The van der Waals surface area contributed by atoms with Crippen molar-refractivity contribution in [2.45, 2.75) is 50.1 Å². The Morgan fingerprint density at radius 3 is 2.65 bits per heavy atom. The van der Waals surface area contributed by atoms with Crippen LogP contribution in [0, 0.1) is 18.2 Å². The van der Waals surface area contributed by atoms with Gasteiger partial charge in [-0.25, -0.2) is 9.37 Å². The first-order chi connectivity index (χ1) is 19.5. The molecule has 0 atom stereocenters. The largest absolute Gasteiger partial charge is 0.508 e. The van der Waals surface area contributed by atoms with Crippen LogP contribution in [0.2, 0.25) is 0 Å². The van der Waals surface area contributed by atoms with Gasteiger partial charge in [-0.05, 0) is 81.3 Å². The molecule has 1 aliphatic carbocycles. The summed E-state index contributed by atoms with van der Waals surface area (Å²) in [6, 6.07) is 8.39. The van der Waals surface area contributed by atoms with Gasteiger partial charge in [-0.1, -0.05) is 12.0 Å². The van der Waals surface area contributed by atoms with Gasteiger partial charge >= 0.3 is 6.01 Å². The van der Waals surface area contributed by atoms with Gasteiger partial charge in [0.25, 0.3) is 0 Å². The zero-order chi connectivity index (χ0) is 27.4. The molecule has 204 valence electrons. The highest BCUT2D eigenvalue weighted by Gasteiger charge is 2.45. The van der Waals surface area contributed by atoms with E-state index in [9.17, 15) is 9.50 Å². The maximum atomic E-state index is 14.8. The van der Waals surface area contributed by atoms with Gasteiger partial charge in [0, 0.05) is 17.0 Å². The second-order valence-corrected chi connectivity index (χ2v) is 11.0. The molecular formula is C31H30FN5O3. The highest BCUT2D eigenvalue weighted by Crippen LogP contribution is 2.41. The van der Waals surface area contributed by atoms with E-state index in [1.54, 1.807) is 18.2 Å². The molecule has 0 spiro atoms. The molecule has 0 bridgehead atoms. The van der Waals surface area contributed by atoms with E-state index in [4.69, 9.17) is 30.8 Å². The number of aromatic nitrogens is 3. The third-order valence-electron chi connectivity index (χ3n) is 8.49. The standard InChI is InChI=1S/C31H30FN5O3/c1-3-21-23(32)9-6-18-14-20(38)15-22(26(18)21)24-16-25-27(29(34-24)39-2)28(33-19-7-8-19)36-30(35-25)40-17-31-10-4-12-37(31)13-5-11-31/h1,6,9,14-16,19,38H,4-5,7-8,10-13,17H2,2H3,(H,33,35,36). The van der Waals surface area contributed by atoms with Gasteiger partial charge < -0.3 is 19.9 Å². The summed E-state index contributed by atoms with van der Waals surface area (Å²) in [5, 5.41) is 15.7. The Hall–Kier alpha value is -4.16. The van der Waals surface area contributed by atoms with Gasteiger partial charge in [-0.15, -0.1) is 6.42 Å². The predicted molar refractivity (Wildman–Crippen MR) is 151 cm³/mol. The Morgan fingerprint density at radius 1 is 1.12 bits per heavy atom. The third-order valence-corrected chi connectivity index (χ3v) is 8.49. The molecule has 4 heterocycles. The molecule has 8 nitrogen and oxygen atoms in total. The minimum atomic E-state index is -0.518. The van der Waals surface area contributed by atoms with Gasteiger partial charge in [-0.3, -0.25) is 4.90 Å². The number of ether oxygens (including phenoxy) is 2. The lowest BCUT2D eigenvalue weighted by Crippen LogP contribution is -2.43. The number of fused-ring (bicyclic) bond motifs is 3. The van der Waals surface area contributed by atoms with Crippen molar-refractivity contribution >= 4 is 27.5 Å². The van der Waals surface area contributed by atoms with E-state index in [1.165, 1.54) is 32.1 Å². The number of rotatable bonds is 7. The maximum absolute atomic E-state index is 14.8. The van der Waals surface area contributed by atoms with Crippen LogP contribution in [0.15, 0.2) is 30.3 Å². The first kappa shape index (κ1) is 24.9. The van der Waals surface area contributed by atoms with Crippen LogP contribution in [0.4, 0.5) is 10.2 Å². The normalized spacial score (nSPS) is 18.1. The number of hydrogen-bond donors (Lipinski definition) is 2. The van der Waals surface area contributed by atoms with E-state index in [2.05, 4.69) is 16.1 Å². The van der Waals surface area contributed by atoms with Gasteiger partial charge in [-0.2, -0.15) is 9.97 Å². The SMILES string of the molecule is C#Cc1c(F)ccc2cc(O)cc(-c3cc4nc(OCC56CCCN5CCC6)nc(NC5CC5)c4c(OC)n3)c12. The molecule has 0 amide bonds. The Morgan fingerprint density at radius 2 is 1.93 bits per heavy atom. The van der Waals surface area contributed by atoms with Crippen molar-refractivity contribution in [3.63, 3.8) is 0 Å². The van der Waals surface area contributed by atoms with E-state index in [0.717, 1.165) is 38.8 Å². The summed E-state index contributed by atoms with van der Waals surface area (Å²) in [6.07, 6.45) is 12.4. The molecule has 7 rings (SSSR count). The van der Waals surface area contributed by atoms with E-state index in [-0.39, 0.29) is 16.9 Å². The highest BCUT2D eigenvalue weighted by atomic mass is 19.1. The molecule has 2 N–H and O–H groups in total. The average Bonchev–Trinajstić information content (AvgIpc) is 3.54. The zero-order valence-electron chi connectivity index (χ0n) is 22.3. The second kappa shape index (κ2) is 9.49. The number of terminal acetylenes is 1. The van der Waals surface area contributed by atoms with Gasteiger partial charge in [0.2, 0.25) is 5.88 Å². The molecule has 2 aromatic carbocycles. The predicted octanol–water partition coefficient (Wildman–Crippen LogP) is 5.26. The van der Waals surface area contributed by atoms with Crippen molar-refractivity contribution < 1.29 is 19.0 Å². The van der Waals surface area contributed by atoms with Crippen LogP contribution in [0.25, 0.3) is 32.9 Å². The smallest absolute Gasteiger partial charge is 0.319 e. The van der Waals surface area contributed by atoms with E-state index in [0.29, 0.717) is 63.3 Å². The Labute approximate surface area is 231 Å². The molecule has 3 fully saturated rings. The molecule has 40 heavy (non-hydrogen) atoms. The van der Waals surface area contributed by atoms with Crippen LogP contribution in [0.3, 0.4) is 0 Å². The molecule has 2 saturated heterocycles. The van der Waals surface area contributed by atoms with Crippen molar-refractivity contribution in [3.05, 3.63) is 41.7 Å². The number of phenols is 1. The number of pyridine rings is 1. The topological polar surface area (TPSA) is 92.6 Å². The molecule has 2 aromatic heterocycles. The monoisotopic (exact) mass is 539 g/mol. The van der Waals surface area contributed by atoms with E-state index < -0.39 is 5.82 Å². The van der Waals surface area contributed by atoms with Crippen LogP contribution in [-0.2, 0) is 0 Å². The molecule has 2 aliphatic heterocycles. The molecule has 0 radical (unpaired) electrons. The van der Waals surface area contributed by atoms with Crippen molar-refractivity contribution in [3.8, 4) is 41.2 Å². The summed E-state index contributed by atoms with van der Waals surface area (Å²) < 4.78 is 26.8. The van der Waals surface area contributed by atoms with Crippen molar-refractivity contribution in [1.29, 1.82) is 0 Å². The molecule has 9 heteroatoms. The van der Waals surface area contributed by atoms with Crippen LogP contribution in [0.1, 0.15) is 44.1 Å². The Kier molecular flexibility index (Phi) is 5.90. The van der Waals surface area contributed by atoms with Crippen LogP contribution in [0.5, 0.6) is 17.6 Å². The number of anilines is 1. The number of hydrogen-bond acceptors (Lipinski definition) is 8. The first-order valence-electron chi connectivity index (χ1n) is 13.8. The molecule has 4 aromatic rings. The Bertz CT molecular complexity index is 1690. The van der Waals surface area contributed by atoms with Crippen molar-refractivity contribution in [2.24, 2.45) is 0 Å². The summed E-state index contributed by atoms with van der Waals surface area (Å²) in [7, 11) is 1.54. The fourth-order valence-corrected chi connectivity index (χ4v) is 6.40. The molecular weight excluding hydrogens is 509 g/mol. The molecule has 0 unspecified atom stereocenters. The first-order valence-corrected chi connectivity index (χ1v) is 13.8. The highest BCUT2D eigenvalue weighted by molar-refractivity contribution is 6.03. The average molecular weight is 540 g/mol. The minimum Gasteiger partial charge on any atom is -0.508 e. The summed E-state index contributed by atoms with van der Waals surface area (Å²) >= 11 is 0. The van der Waals surface area contributed by atoms with Crippen molar-refractivity contribution in [2.75, 3.05) is 32.1 Å². The van der Waals surface area contributed by atoms with Gasteiger partial charge in [0.15, 0.2) is 0 Å². The fraction of sp³-hybridized carbons (Fsp3) is 0.387. The summed E-state index contributed by atoms with van der Waals surface area (Å²) in [5.41, 5.74) is 1.64. The lowest BCUT2D eigenvalue weighted by Gasteiger charge is -2.31. The lowest BCUT2D eigenvalue weighted by molar-refractivity contribution is 0.108. The quantitative estimate of drug-likeness (QED) is 0.307. The van der Waals surface area contributed by atoms with Crippen LogP contribution in [-0.4, -0.2) is 63.3 Å². The summed E-state index contributed by atoms with van der Waals surface area (Å²) in [5.74, 6) is 2.89. The number of methoxy groups -OCH3 is 1. The van der Waals surface area contributed by atoms with Crippen molar-refractivity contribution in [1.82, 2.24) is 19.9 Å². The lowest BCUT2D eigenvalue weighted by atomic mass is 9.95. The third kappa shape index (κ3) is 4.14. The Balaban J connectivity index is 1.38. The fourth-order valence-electron chi connectivity index (χ4n) is 6.40. The maximum Gasteiger partial charge on any atom is 0.319 e. The summed E-state index contributed by atoms with van der Waals surface area (Å²) in [6.45, 7) is 2.76. The van der Waals surface area contributed by atoms with Crippen LogP contribution >= 0.6 is 0 Å². The van der Waals surface area contributed by atoms with Gasteiger partial charge in [0.1, 0.15) is 29.4 Å². The summed E-state index contributed by atoms with van der Waals surface area (Å²) in [4.78, 5) is 16.9. The number of aromatic hydroxyl groups is 1.